The quantitative estimate of drug-likeness (QED) is 0.778. The molecule has 3 rings (SSSR count). The van der Waals surface area contributed by atoms with Crippen LogP contribution in [-0.4, -0.2) is 23.4 Å². The van der Waals surface area contributed by atoms with E-state index in [1.54, 1.807) is 4.90 Å². The summed E-state index contributed by atoms with van der Waals surface area (Å²) in [5.74, 6) is -1.59. The normalized spacial score (nSPS) is 25.8. The van der Waals surface area contributed by atoms with Gasteiger partial charge in [-0.15, -0.1) is 0 Å². The zero-order valence-electron chi connectivity index (χ0n) is 9.63. The maximum atomic E-state index is 13.7. The molecule has 1 amide bonds. The minimum atomic E-state index is -0.797. The Balaban J connectivity index is 1.93. The SMILES string of the molecule is O=C(c1c(F)cc(Br)cc1F)N1CC2CCC1C2. The first-order chi connectivity index (χ1) is 8.56. The molecule has 2 aliphatic rings. The first kappa shape index (κ1) is 12.1. The third-order valence-electron chi connectivity index (χ3n) is 3.89. The van der Waals surface area contributed by atoms with Gasteiger partial charge in [-0.2, -0.15) is 0 Å². The van der Waals surface area contributed by atoms with Crippen LogP contribution in [0.4, 0.5) is 8.78 Å². The average Bonchev–Trinajstić information content (AvgIpc) is 2.88. The van der Waals surface area contributed by atoms with E-state index in [0.29, 0.717) is 16.9 Å². The van der Waals surface area contributed by atoms with Crippen molar-refractivity contribution in [3.8, 4) is 0 Å². The molecule has 5 heteroatoms. The Hall–Kier alpha value is -0.970. The highest BCUT2D eigenvalue weighted by atomic mass is 79.9. The third-order valence-corrected chi connectivity index (χ3v) is 4.35. The van der Waals surface area contributed by atoms with Crippen LogP contribution in [0, 0.1) is 17.6 Å². The zero-order valence-corrected chi connectivity index (χ0v) is 11.2. The smallest absolute Gasteiger partial charge is 0.260 e. The topological polar surface area (TPSA) is 20.3 Å². The summed E-state index contributed by atoms with van der Waals surface area (Å²) >= 11 is 3.01. The minimum absolute atomic E-state index is 0.171. The van der Waals surface area contributed by atoms with Gasteiger partial charge in [-0.1, -0.05) is 15.9 Å². The van der Waals surface area contributed by atoms with Gasteiger partial charge in [0.15, 0.2) is 0 Å². The number of rotatable bonds is 1. The average molecular weight is 316 g/mol. The Morgan fingerprint density at radius 2 is 1.94 bits per heavy atom. The van der Waals surface area contributed by atoms with Crippen molar-refractivity contribution in [3.05, 3.63) is 33.8 Å². The Morgan fingerprint density at radius 3 is 2.44 bits per heavy atom. The molecule has 1 aliphatic carbocycles. The van der Waals surface area contributed by atoms with Crippen molar-refractivity contribution in [2.24, 2.45) is 5.92 Å². The molecule has 0 N–H and O–H groups in total. The fourth-order valence-electron chi connectivity index (χ4n) is 3.06. The maximum Gasteiger partial charge on any atom is 0.260 e. The number of piperidine rings is 1. The number of likely N-dealkylation sites (tertiary alicyclic amines) is 1. The molecule has 0 radical (unpaired) electrons. The van der Waals surface area contributed by atoms with Crippen LogP contribution in [0.25, 0.3) is 0 Å². The van der Waals surface area contributed by atoms with E-state index in [2.05, 4.69) is 15.9 Å². The van der Waals surface area contributed by atoms with Crippen LogP contribution in [0.1, 0.15) is 29.6 Å². The fraction of sp³-hybridized carbons (Fsp3) is 0.462. The predicted octanol–water partition coefficient (Wildman–Crippen LogP) is 3.35. The van der Waals surface area contributed by atoms with Crippen molar-refractivity contribution >= 4 is 21.8 Å². The summed E-state index contributed by atoms with van der Waals surface area (Å²) in [6.07, 6.45) is 3.06. The Bertz CT molecular complexity index is 497. The standard InChI is InChI=1S/C13H12BrF2NO/c14-8-4-10(15)12(11(16)5-8)13(18)17-6-7-1-2-9(17)3-7/h4-5,7,9H,1-3,6H2. The summed E-state index contributed by atoms with van der Waals surface area (Å²) in [4.78, 5) is 13.8. The number of fused-ring (bicyclic) bond motifs is 2. The summed E-state index contributed by atoms with van der Waals surface area (Å²) < 4.78 is 27.8. The molecule has 2 nitrogen and oxygen atoms in total. The van der Waals surface area contributed by atoms with Crippen molar-refractivity contribution < 1.29 is 13.6 Å². The molecule has 18 heavy (non-hydrogen) atoms. The van der Waals surface area contributed by atoms with E-state index in [1.165, 1.54) is 0 Å². The molecule has 96 valence electrons. The Kier molecular flexibility index (Phi) is 2.88. The maximum absolute atomic E-state index is 13.7. The number of hydrogen-bond acceptors (Lipinski definition) is 1. The molecule has 2 unspecified atom stereocenters. The van der Waals surface area contributed by atoms with E-state index < -0.39 is 23.1 Å². The van der Waals surface area contributed by atoms with Gasteiger partial charge in [0.05, 0.1) is 0 Å². The summed E-state index contributed by atoms with van der Waals surface area (Å²) in [6, 6.07) is 2.43. The Labute approximate surface area is 112 Å². The van der Waals surface area contributed by atoms with Crippen LogP contribution in [0.15, 0.2) is 16.6 Å². The molecule has 1 aromatic rings. The van der Waals surface area contributed by atoms with E-state index in [4.69, 9.17) is 0 Å². The van der Waals surface area contributed by atoms with Gasteiger partial charge >= 0.3 is 0 Å². The second-order valence-corrected chi connectivity index (χ2v) is 5.95. The molecule has 1 saturated heterocycles. The van der Waals surface area contributed by atoms with E-state index in [1.807, 2.05) is 0 Å². The van der Waals surface area contributed by atoms with Gasteiger partial charge in [-0.3, -0.25) is 4.79 Å². The molecule has 2 fully saturated rings. The van der Waals surface area contributed by atoms with Crippen LogP contribution < -0.4 is 0 Å². The van der Waals surface area contributed by atoms with Gasteiger partial charge in [0.25, 0.3) is 5.91 Å². The van der Waals surface area contributed by atoms with Crippen LogP contribution in [-0.2, 0) is 0 Å². The highest BCUT2D eigenvalue weighted by molar-refractivity contribution is 9.10. The lowest BCUT2D eigenvalue weighted by atomic mass is 10.1. The highest BCUT2D eigenvalue weighted by Crippen LogP contribution is 2.38. The van der Waals surface area contributed by atoms with Crippen LogP contribution >= 0.6 is 15.9 Å². The lowest BCUT2D eigenvalue weighted by Crippen LogP contribution is -2.38. The molecule has 1 aliphatic heterocycles. The molecule has 1 heterocycles. The fourth-order valence-corrected chi connectivity index (χ4v) is 3.47. The van der Waals surface area contributed by atoms with E-state index in [9.17, 15) is 13.6 Å². The molecular formula is C13H12BrF2NO. The number of halogens is 3. The zero-order chi connectivity index (χ0) is 12.9. The van der Waals surface area contributed by atoms with Crippen molar-refractivity contribution in [2.45, 2.75) is 25.3 Å². The van der Waals surface area contributed by atoms with Crippen LogP contribution in [0.2, 0.25) is 0 Å². The molecular weight excluding hydrogens is 304 g/mol. The lowest BCUT2D eigenvalue weighted by Gasteiger charge is -2.27. The van der Waals surface area contributed by atoms with Gasteiger partial charge in [0.1, 0.15) is 17.2 Å². The molecule has 2 bridgehead atoms. The summed E-state index contributed by atoms with van der Waals surface area (Å²) in [6.45, 7) is 0.637. The number of carbonyl (C=O) groups excluding carboxylic acids is 1. The van der Waals surface area contributed by atoms with Crippen LogP contribution in [0.3, 0.4) is 0 Å². The number of hydrogen-bond donors (Lipinski definition) is 0. The largest absolute Gasteiger partial charge is 0.335 e. The number of nitrogens with zero attached hydrogens (tertiary/aromatic N) is 1. The summed E-state index contributed by atoms with van der Waals surface area (Å²) in [5, 5.41) is 0. The number of carbonyl (C=O) groups is 1. The summed E-state index contributed by atoms with van der Waals surface area (Å²) in [5.41, 5.74) is -0.425. The molecule has 2 atom stereocenters. The molecule has 1 aromatic carbocycles. The van der Waals surface area contributed by atoms with Crippen molar-refractivity contribution in [1.82, 2.24) is 4.90 Å². The second-order valence-electron chi connectivity index (χ2n) is 5.03. The molecule has 1 saturated carbocycles. The predicted molar refractivity (Wildman–Crippen MR) is 66.2 cm³/mol. The van der Waals surface area contributed by atoms with Crippen molar-refractivity contribution in [1.29, 1.82) is 0 Å². The van der Waals surface area contributed by atoms with E-state index >= 15 is 0 Å². The molecule has 0 spiro atoms. The van der Waals surface area contributed by atoms with Crippen molar-refractivity contribution in [2.75, 3.05) is 6.54 Å². The lowest BCUT2D eigenvalue weighted by molar-refractivity contribution is 0.0693. The monoisotopic (exact) mass is 315 g/mol. The Morgan fingerprint density at radius 1 is 1.28 bits per heavy atom. The third kappa shape index (κ3) is 1.85. The van der Waals surface area contributed by atoms with E-state index in [0.717, 1.165) is 31.4 Å². The van der Waals surface area contributed by atoms with Crippen molar-refractivity contribution in [3.63, 3.8) is 0 Å². The first-order valence-corrected chi connectivity index (χ1v) is 6.81. The van der Waals surface area contributed by atoms with Gasteiger partial charge in [0.2, 0.25) is 0 Å². The van der Waals surface area contributed by atoms with Gasteiger partial charge in [-0.25, -0.2) is 8.78 Å². The van der Waals surface area contributed by atoms with Crippen LogP contribution in [0.5, 0.6) is 0 Å². The minimum Gasteiger partial charge on any atom is -0.335 e. The molecule has 0 aromatic heterocycles. The van der Waals surface area contributed by atoms with Gasteiger partial charge in [-0.05, 0) is 37.3 Å². The summed E-state index contributed by atoms with van der Waals surface area (Å²) in [7, 11) is 0. The highest BCUT2D eigenvalue weighted by Gasteiger charge is 2.41. The number of amides is 1. The second kappa shape index (κ2) is 4.30. The van der Waals surface area contributed by atoms with Gasteiger partial charge < -0.3 is 4.90 Å². The first-order valence-electron chi connectivity index (χ1n) is 6.02. The van der Waals surface area contributed by atoms with E-state index in [-0.39, 0.29) is 6.04 Å². The number of benzene rings is 1. The van der Waals surface area contributed by atoms with Gasteiger partial charge in [0, 0.05) is 17.1 Å².